The standard InChI is InChI=1S/C13H20N2O2/c14-7-10(8-3-1-2-4-8)9-5-12(16)13(17)6-11(9)15/h5-6,8,10,16-17H,1-4,7,14-15H2/t10-/m1/s1. The van der Waals surface area contributed by atoms with E-state index in [1.807, 2.05) is 0 Å². The molecule has 1 aliphatic carbocycles. The maximum Gasteiger partial charge on any atom is 0.159 e. The summed E-state index contributed by atoms with van der Waals surface area (Å²) in [5, 5.41) is 18.9. The van der Waals surface area contributed by atoms with E-state index in [1.165, 1.54) is 31.7 Å². The van der Waals surface area contributed by atoms with Gasteiger partial charge in [-0.05, 0) is 36.9 Å². The summed E-state index contributed by atoms with van der Waals surface area (Å²) in [6, 6.07) is 2.96. The van der Waals surface area contributed by atoms with E-state index in [-0.39, 0.29) is 17.4 Å². The van der Waals surface area contributed by atoms with Crippen molar-refractivity contribution >= 4 is 5.69 Å². The lowest BCUT2D eigenvalue weighted by Crippen LogP contribution is -2.20. The van der Waals surface area contributed by atoms with E-state index in [4.69, 9.17) is 11.5 Å². The Morgan fingerprint density at radius 2 is 1.76 bits per heavy atom. The zero-order chi connectivity index (χ0) is 12.4. The molecule has 1 fully saturated rings. The van der Waals surface area contributed by atoms with Crippen LogP contribution in [0.15, 0.2) is 12.1 Å². The summed E-state index contributed by atoms with van der Waals surface area (Å²) >= 11 is 0. The molecule has 0 bridgehead atoms. The molecule has 1 aliphatic rings. The second kappa shape index (κ2) is 4.84. The number of nitrogens with two attached hydrogens (primary N) is 2. The summed E-state index contributed by atoms with van der Waals surface area (Å²) < 4.78 is 0. The molecule has 1 aromatic carbocycles. The van der Waals surface area contributed by atoms with Crippen LogP contribution in [0.4, 0.5) is 5.69 Å². The fourth-order valence-corrected chi connectivity index (χ4v) is 2.86. The Bertz CT molecular complexity index is 401. The number of hydrogen-bond acceptors (Lipinski definition) is 4. The molecule has 2 rings (SSSR count). The highest BCUT2D eigenvalue weighted by Crippen LogP contribution is 2.41. The van der Waals surface area contributed by atoms with Gasteiger partial charge in [0.1, 0.15) is 0 Å². The predicted molar refractivity (Wildman–Crippen MR) is 67.9 cm³/mol. The van der Waals surface area contributed by atoms with E-state index in [1.54, 1.807) is 6.07 Å². The van der Waals surface area contributed by atoms with Crippen LogP contribution in [0.2, 0.25) is 0 Å². The van der Waals surface area contributed by atoms with Crippen molar-refractivity contribution in [3.8, 4) is 11.5 Å². The maximum absolute atomic E-state index is 9.57. The van der Waals surface area contributed by atoms with Crippen LogP contribution in [0.5, 0.6) is 11.5 Å². The molecule has 0 aromatic heterocycles. The van der Waals surface area contributed by atoms with E-state index in [0.717, 1.165) is 5.56 Å². The van der Waals surface area contributed by atoms with Gasteiger partial charge in [0.05, 0.1) is 0 Å². The largest absolute Gasteiger partial charge is 0.504 e. The third kappa shape index (κ3) is 2.31. The molecular formula is C13H20N2O2. The number of benzene rings is 1. The minimum atomic E-state index is -0.173. The van der Waals surface area contributed by atoms with Crippen LogP contribution in [-0.4, -0.2) is 16.8 Å². The monoisotopic (exact) mass is 236 g/mol. The van der Waals surface area contributed by atoms with Crippen LogP contribution in [-0.2, 0) is 0 Å². The summed E-state index contributed by atoms with van der Waals surface area (Å²) in [5.41, 5.74) is 13.1. The molecule has 0 amide bonds. The average Bonchev–Trinajstić information content (AvgIpc) is 2.80. The van der Waals surface area contributed by atoms with Gasteiger partial charge in [0.25, 0.3) is 0 Å². The topological polar surface area (TPSA) is 92.5 Å². The Morgan fingerprint density at radius 1 is 1.18 bits per heavy atom. The molecule has 1 aromatic rings. The quantitative estimate of drug-likeness (QED) is 0.366. The molecule has 0 spiro atoms. The van der Waals surface area contributed by atoms with Gasteiger partial charge in [0.2, 0.25) is 0 Å². The molecule has 94 valence electrons. The highest BCUT2D eigenvalue weighted by atomic mass is 16.3. The first-order valence-electron chi connectivity index (χ1n) is 6.15. The van der Waals surface area contributed by atoms with Crippen LogP contribution < -0.4 is 11.5 Å². The molecule has 17 heavy (non-hydrogen) atoms. The smallest absolute Gasteiger partial charge is 0.159 e. The highest BCUT2D eigenvalue weighted by Gasteiger charge is 2.27. The van der Waals surface area contributed by atoms with Gasteiger partial charge in [-0.3, -0.25) is 0 Å². The number of hydrogen-bond donors (Lipinski definition) is 4. The summed E-state index contributed by atoms with van der Waals surface area (Å²) in [6.45, 7) is 0.527. The normalized spacial score (nSPS) is 18.4. The van der Waals surface area contributed by atoms with Crippen molar-refractivity contribution in [3.63, 3.8) is 0 Å². The van der Waals surface area contributed by atoms with E-state index in [0.29, 0.717) is 18.2 Å². The summed E-state index contributed by atoms with van der Waals surface area (Å²) in [7, 11) is 0. The Labute approximate surface area is 101 Å². The lowest BCUT2D eigenvalue weighted by atomic mass is 9.84. The van der Waals surface area contributed by atoms with E-state index < -0.39 is 0 Å². The van der Waals surface area contributed by atoms with Crippen molar-refractivity contribution in [2.75, 3.05) is 12.3 Å². The van der Waals surface area contributed by atoms with Gasteiger partial charge in [-0.15, -0.1) is 0 Å². The van der Waals surface area contributed by atoms with Crippen LogP contribution in [0, 0.1) is 5.92 Å². The van der Waals surface area contributed by atoms with E-state index in [2.05, 4.69) is 0 Å². The third-order valence-corrected chi connectivity index (χ3v) is 3.80. The van der Waals surface area contributed by atoms with Gasteiger partial charge in [-0.25, -0.2) is 0 Å². The number of anilines is 1. The molecule has 1 saturated carbocycles. The van der Waals surface area contributed by atoms with E-state index >= 15 is 0 Å². The van der Waals surface area contributed by atoms with Gasteiger partial charge in [0.15, 0.2) is 11.5 Å². The van der Waals surface area contributed by atoms with Gasteiger partial charge < -0.3 is 21.7 Å². The van der Waals surface area contributed by atoms with Crippen LogP contribution in [0.3, 0.4) is 0 Å². The lowest BCUT2D eigenvalue weighted by Gasteiger charge is -2.24. The number of rotatable bonds is 3. The molecule has 6 N–H and O–H groups in total. The van der Waals surface area contributed by atoms with Crippen LogP contribution in [0.1, 0.15) is 37.2 Å². The fourth-order valence-electron chi connectivity index (χ4n) is 2.86. The molecular weight excluding hydrogens is 216 g/mol. The second-order valence-electron chi connectivity index (χ2n) is 4.86. The average molecular weight is 236 g/mol. The van der Waals surface area contributed by atoms with Crippen molar-refractivity contribution in [1.29, 1.82) is 0 Å². The molecule has 0 aliphatic heterocycles. The molecule has 0 radical (unpaired) electrons. The number of phenols is 2. The molecule has 4 nitrogen and oxygen atoms in total. The van der Waals surface area contributed by atoms with Crippen molar-refractivity contribution in [2.24, 2.45) is 11.7 Å². The van der Waals surface area contributed by atoms with Crippen LogP contribution >= 0.6 is 0 Å². The summed E-state index contributed by atoms with van der Waals surface area (Å²) in [6.07, 6.45) is 4.82. The Balaban J connectivity index is 2.32. The van der Waals surface area contributed by atoms with Gasteiger partial charge in [-0.2, -0.15) is 0 Å². The number of aromatic hydroxyl groups is 2. The van der Waals surface area contributed by atoms with Crippen molar-refractivity contribution < 1.29 is 10.2 Å². The first-order valence-corrected chi connectivity index (χ1v) is 6.15. The second-order valence-corrected chi connectivity index (χ2v) is 4.86. The molecule has 1 atom stereocenters. The molecule has 0 saturated heterocycles. The SMILES string of the molecule is NC[C@@H](c1cc(O)c(O)cc1N)C1CCCC1. The zero-order valence-corrected chi connectivity index (χ0v) is 9.89. The van der Waals surface area contributed by atoms with Gasteiger partial charge in [0, 0.05) is 17.7 Å². The fraction of sp³-hybridized carbons (Fsp3) is 0.538. The van der Waals surface area contributed by atoms with Crippen molar-refractivity contribution in [1.82, 2.24) is 0 Å². The van der Waals surface area contributed by atoms with Gasteiger partial charge >= 0.3 is 0 Å². The minimum Gasteiger partial charge on any atom is -0.504 e. The third-order valence-electron chi connectivity index (χ3n) is 3.80. The summed E-state index contributed by atoms with van der Waals surface area (Å²) in [5.74, 6) is 0.439. The lowest BCUT2D eigenvalue weighted by molar-refractivity contribution is 0.399. The zero-order valence-electron chi connectivity index (χ0n) is 9.89. The Kier molecular flexibility index (Phi) is 3.43. The van der Waals surface area contributed by atoms with Crippen molar-refractivity contribution in [2.45, 2.75) is 31.6 Å². The minimum absolute atomic E-state index is 0.120. The van der Waals surface area contributed by atoms with Crippen LogP contribution in [0.25, 0.3) is 0 Å². The molecule has 0 unspecified atom stereocenters. The van der Waals surface area contributed by atoms with E-state index in [9.17, 15) is 10.2 Å². The van der Waals surface area contributed by atoms with Crippen molar-refractivity contribution in [3.05, 3.63) is 17.7 Å². The Morgan fingerprint density at radius 3 is 2.35 bits per heavy atom. The summed E-state index contributed by atoms with van der Waals surface area (Å²) in [4.78, 5) is 0. The maximum atomic E-state index is 9.57. The molecule has 0 heterocycles. The Hall–Kier alpha value is -1.42. The first kappa shape index (κ1) is 12.0. The number of nitrogen functional groups attached to an aromatic ring is 1. The number of phenolic OH excluding ortho intramolecular Hbond substituents is 2. The highest BCUT2D eigenvalue weighted by molar-refractivity contribution is 5.58. The van der Waals surface area contributed by atoms with Gasteiger partial charge in [-0.1, -0.05) is 12.8 Å². The first-order chi connectivity index (χ1) is 8.13. The molecule has 4 heteroatoms. The predicted octanol–water partition coefficient (Wildman–Crippen LogP) is 1.91.